The van der Waals surface area contributed by atoms with Crippen molar-refractivity contribution in [3.05, 3.63) is 66.1 Å². The molecule has 3 aromatic rings. The molecule has 2 aliphatic heterocycles. The number of nitrogens with zero attached hydrogens (tertiary/aromatic N) is 5. The molecule has 2 aromatic heterocycles. The van der Waals surface area contributed by atoms with Crippen LogP contribution < -0.4 is 4.74 Å². The van der Waals surface area contributed by atoms with Gasteiger partial charge >= 0.3 is 0 Å². The van der Waals surface area contributed by atoms with E-state index in [1.54, 1.807) is 30.6 Å². The van der Waals surface area contributed by atoms with E-state index in [0.29, 0.717) is 37.0 Å². The Bertz CT molecular complexity index is 979. The molecule has 5 rings (SSSR count). The standard InChI is InChI=1S/C21H21F2N5O/c22-16-1-4-20(28-25-7-8-26-28)14(9-16)12-27-18-3-5-19(27)15(10-18)13-29-21-6-2-17(23)11-24-21/h1-2,4,6-9,11,15,18-19H,3,5,10,12-13H2. The molecule has 29 heavy (non-hydrogen) atoms. The van der Waals surface area contributed by atoms with Crippen LogP contribution in [0.5, 0.6) is 5.88 Å². The zero-order valence-corrected chi connectivity index (χ0v) is 15.8. The molecule has 2 bridgehead atoms. The van der Waals surface area contributed by atoms with Gasteiger partial charge in [-0.05, 0) is 49.1 Å². The van der Waals surface area contributed by atoms with Crippen molar-refractivity contribution >= 4 is 0 Å². The predicted octanol–water partition coefficient (Wildman–Crippen LogP) is 3.37. The van der Waals surface area contributed by atoms with Crippen molar-refractivity contribution in [2.45, 2.75) is 37.9 Å². The molecule has 4 heterocycles. The molecule has 8 heteroatoms. The first-order valence-corrected chi connectivity index (χ1v) is 9.82. The van der Waals surface area contributed by atoms with Gasteiger partial charge in [0.1, 0.15) is 11.6 Å². The van der Waals surface area contributed by atoms with Gasteiger partial charge in [0.2, 0.25) is 5.88 Å². The lowest BCUT2D eigenvalue weighted by molar-refractivity contribution is 0.180. The average molecular weight is 397 g/mol. The van der Waals surface area contributed by atoms with Crippen LogP contribution in [-0.4, -0.2) is 43.6 Å². The molecule has 0 amide bonds. The molecule has 3 atom stereocenters. The van der Waals surface area contributed by atoms with Crippen molar-refractivity contribution in [3.63, 3.8) is 0 Å². The van der Waals surface area contributed by atoms with Gasteiger partial charge in [-0.15, -0.1) is 0 Å². The van der Waals surface area contributed by atoms with Crippen LogP contribution in [-0.2, 0) is 6.54 Å². The van der Waals surface area contributed by atoms with E-state index >= 15 is 0 Å². The van der Waals surface area contributed by atoms with Crippen LogP contribution in [0.15, 0.2) is 48.9 Å². The summed E-state index contributed by atoms with van der Waals surface area (Å²) in [6, 6.07) is 8.47. The molecule has 3 unspecified atom stereocenters. The second kappa shape index (κ2) is 7.51. The Morgan fingerprint density at radius 3 is 2.66 bits per heavy atom. The fourth-order valence-corrected chi connectivity index (χ4v) is 4.71. The Balaban J connectivity index is 1.30. The van der Waals surface area contributed by atoms with Gasteiger partial charge in [0, 0.05) is 30.6 Å². The van der Waals surface area contributed by atoms with E-state index in [2.05, 4.69) is 20.1 Å². The summed E-state index contributed by atoms with van der Waals surface area (Å²) < 4.78 is 32.8. The fourth-order valence-electron chi connectivity index (χ4n) is 4.71. The average Bonchev–Trinajstić information content (AvgIpc) is 3.45. The van der Waals surface area contributed by atoms with Gasteiger partial charge in [0.05, 0.1) is 30.9 Å². The number of ether oxygens (including phenoxy) is 1. The topological polar surface area (TPSA) is 56.1 Å². The van der Waals surface area contributed by atoms with Gasteiger partial charge in [0.25, 0.3) is 0 Å². The highest BCUT2D eigenvalue weighted by molar-refractivity contribution is 5.40. The summed E-state index contributed by atoms with van der Waals surface area (Å²) in [6.45, 7) is 1.20. The normalized spacial score (nSPS) is 23.6. The van der Waals surface area contributed by atoms with Gasteiger partial charge in [-0.1, -0.05) is 0 Å². The van der Waals surface area contributed by atoms with Crippen LogP contribution in [0.4, 0.5) is 8.78 Å². The quantitative estimate of drug-likeness (QED) is 0.638. The van der Waals surface area contributed by atoms with Gasteiger partial charge < -0.3 is 4.74 Å². The zero-order valence-electron chi connectivity index (χ0n) is 15.8. The summed E-state index contributed by atoms with van der Waals surface area (Å²) in [4.78, 5) is 7.96. The third-order valence-corrected chi connectivity index (χ3v) is 5.98. The van der Waals surface area contributed by atoms with E-state index in [0.717, 1.165) is 36.7 Å². The number of hydrogen-bond donors (Lipinski definition) is 0. The van der Waals surface area contributed by atoms with Gasteiger partial charge in [-0.25, -0.2) is 13.8 Å². The third kappa shape index (κ3) is 3.60. The molecule has 0 spiro atoms. The Morgan fingerprint density at radius 1 is 1.03 bits per heavy atom. The molecule has 2 fully saturated rings. The van der Waals surface area contributed by atoms with Gasteiger partial charge in [0.15, 0.2) is 0 Å². The lowest BCUT2D eigenvalue weighted by atomic mass is 9.90. The maximum Gasteiger partial charge on any atom is 0.213 e. The van der Waals surface area contributed by atoms with Crippen LogP contribution in [0.1, 0.15) is 24.8 Å². The molecule has 1 aromatic carbocycles. The molecule has 2 aliphatic rings. The van der Waals surface area contributed by atoms with Crippen LogP contribution in [0.3, 0.4) is 0 Å². The van der Waals surface area contributed by atoms with Crippen LogP contribution in [0.25, 0.3) is 5.69 Å². The summed E-state index contributed by atoms with van der Waals surface area (Å²) in [6.07, 6.45) is 7.67. The van der Waals surface area contributed by atoms with Crippen LogP contribution >= 0.6 is 0 Å². The maximum atomic E-state index is 14.0. The Hall–Kier alpha value is -2.87. The van der Waals surface area contributed by atoms with Gasteiger partial charge in [-0.2, -0.15) is 15.0 Å². The summed E-state index contributed by atoms with van der Waals surface area (Å²) in [7, 11) is 0. The molecule has 0 saturated carbocycles. The van der Waals surface area contributed by atoms with Crippen molar-refractivity contribution in [1.29, 1.82) is 0 Å². The van der Waals surface area contributed by atoms with E-state index < -0.39 is 0 Å². The molecule has 0 aliphatic carbocycles. The number of halogens is 2. The first-order valence-electron chi connectivity index (χ1n) is 9.82. The number of rotatable bonds is 6. The molecule has 2 saturated heterocycles. The number of aromatic nitrogens is 4. The number of pyridine rings is 1. The highest BCUT2D eigenvalue weighted by Gasteiger charge is 2.46. The summed E-state index contributed by atoms with van der Waals surface area (Å²) in [5, 5.41) is 8.40. The lowest BCUT2D eigenvalue weighted by Gasteiger charge is -2.25. The Labute approximate surface area is 167 Å². The molecular weight excluding hydrogens is 376 g/mol. The minimum atomic E-state index is -0.374. The molecule has 0 radical (unpaired) electrons. The largest absolute Gasteiger partial charge is 0.477 e. The van der Waals surface area contributed by atoms with E-state index in [9.17, 15) is 8.78 Å². The molecule has 150 valence electrons. The second-order valence-electron chi connectivity index (χ2n) is 7.68. The Kier molecular flexibility index (Phi) is 4.71. The minimum Gasteiger partial charge on any atom is -0.477 e. The van der Waals surface area contributed by atoms with Crippen molar-refractivity contribution in [1.82, 2.24) is 24.9 Å². The Morgan fingerprint density at radius 2 is 1.86 bits per heavy atom. The summed E-state index contributed by atoms with van der Waals surface area (Å²) in [5.41, 5.74) is 1.67. The monoisotopic (exact) mass is 397 g/mol. The number of hydrogen-bond acceptors (Lipinski definition) is 5. The van der Waals surface area contributed by atoms with Gasteiger partial charge in [-0.3, -0.25) is 4.90 Å². The highest BCUT2D eigenvalue weighted by Crippen LogP contribution is 2.43. The SMILES string of the molecule is Fc1ccc(OCC2CC3CCC2N3Cc2cc(F)ccc2-n2nccn2)nc1. The van der Waals surface area contributed by atoms with Crippen molar-refractivity contribution < 1.29 is 13.5 Å². The third-order valence-electron chi connectivity index (χ3n) is 5.98. The first kappa shape index (κ1) is 18.2. The molecular formula is C21H21F2N5O. The smallest absolute Gasteiger partial charge is 0.213 e. The first-order chi connectivity index (χ1) is 14.2. The predicted molar refractivity (Wildman–Crippen MR) is 101 cm³/mol. The fraction of sp³-hybridized carbons (Fsp3) is 0.381. The summed E-state index contributed by atoms with van der Waals surface area (Å²) in [5.74, 6) is 0.184. The van der Waals surface area contributed by atoms with E-state index in [-0.39, 0.29) is 11.6 Å². The van der Waals surface area contributed by atoms with E-state index in [1.165, 1.54) is 16.9 Å². The van der Waals surface area contributed by atoms with E-state index in [1.807, 2.05) is 0 Å². The minimum absolute atomic E-state index is 0.260. The van der Waals surface area contributed by atoms with Crippen molar-refractivity contribution in [2.75, 3.05) is 6.61 Å². The van der Waals surface area contributed by atoms with Crippen LogP contribution in [0.2, 0.25) is 0 Å². The highest BCUT2D eigenvalue weighted by atomic mass is 19.1. The number of benzene rings is 1. The second-order valence-corrected chi connectivity index (χ2v) is 7.68. The molecule has 0 N–H and O–H groups in total. The van der Waals surface area contributed by atoms with Crippen molar-refractivity contribution in [3.8, 4) is 11.6 Å². The molecule has 6 nitrogen and oxygen atoms in total. The maximum absolute atomic E-state index is 14.0. The lowest BCUT2D eigenvalue weighted by Crippen LogP contribution is -2.32. The van der Waals surface area contributed by atoms with Crippen molar-refractivity contribution in [2.24, 2.45) is 5.92 Å². The summed E-state index contributed by atoms with van der Waals surface area (Å²) >= 11 is 0. The van der Waals surface area contributed by atoms with E-state index in [4.69, 9.17) is 4.74 Å². The number of fused-ring (bicyclic) bond motifs is 2. The van der Waals surface area contributed by atoms with Crippen LogP contribution in [0, 0.1) is 17.6 Å². The zero-order chi connectivity index (χ0) is 19.8.